The van der Waals surface area contributed by atoms with Gasteiger partial charge in [0.15, 0.2) is 0 Å². The summed E-state index contributed by atoms with van der Waals surface area (Å²) in [5.74, 6) is -0.972. The number of para-hydroxylation sites is 1. The maximum atomic E-state index is 13.1. The van der Waals surface area contributed by atoms with E-state index in [1.54, 1.807) is 6.07 Å². The fraction of sp³-hybridized carbons (Fsp3) is 0.222. The molecule has 25 heavy (non-hydrogen) atoms. The minimum atomic E-state index is -0.501. The summed E-state index contributed by atoms with van der Waals surface area (Å²) >= 11 is 6.91. The molecular weight excluding hydrogens is 363 g/mol. The topological polar surface area (TPSA) is 58.2 Å². The van der Waals surface area contributed by atoms with Crippen molar-refractivity contribution < 1.29 is 14.0 Å². The average Bonchev–Trinajstić information content (AvgIpc) is 2.57. The highest BCUT2D eigenvalue weighted by Gasteiger charge is 2.10. The second-order valence-electron chi connectivity index (χ2n) is 5.46. The summed E-state index contributed by atoms with van der Waals surface area (Å²) in [7, 11) is 0. The lowest BCUT2D eigenvalue weighted by atomic mass is 10.1. The molecule has 2 aromatic carbocycles. The predicted molar refractivity (Wildman–Crippen MR) is 99.7 cm³/mol. The number of carbonyl (C=O) groups is 2. The Morgan fingerprint density at radius 2 is 1.80 bits per heavy atom. The van der Waals surface area contributed by atoms with E-state index in [1.807, 2.05) is 32.0 Å². The predicted octanol–water partition coefficient (Wildman–Crippen LogP) is 3.94. The molecule has 2 N–H and O–H groups in total. The first-order valence-corrected chi connectivity index (χ1v) is 8.94. The van der Waals surface area contributed by atoms with Gasteiger partial charge in [-0.2, -0.15) is 0 Å². The largest absolute Gasteiger partial charge is 0.346 e. The van der Waals surface area contributed by atoms with E-state index < -0.39 is 5.82 Å². The molecular formula is C18H18ClFN2O2S. The Morgan fingerprint density at radius 3 is 2.44 bits per heavy atom. The summed E-state index contributed by atoms with van der Waals surface area (Å²) in [5.41, 5.74) is 2.68. The number of carbonyl (C=O) groups excluding carboxylic acids is 2. The van der Waals surface area contributed by atoms with E-state index in [0.29, 0.717) is 4.90 Å². The van der Waals surface area contributed by atoms with Gasteiger partial charge in [-0.25, -0.2) is 4.39 Å². The Morgan fingerprint density at radius 1 is 1.12 bits per heavy atom. The van der Waals surface area contributed by atoms with Gasteiger partial charge in [0.2, 0.25) is 11.8 Å². The number of benzene rings is 2. The highest BCUT2D eigenvalue weighted by molar-refractivity contribution is 8.00. The second-order valence-corrected chi connectivity index (χ2v) is 6.91. The van der Waals surface area contributed by atoms with Gasteiger partial charge in [-0.05, 0) is 43.2 Å². The minimum absolute atomic E-state index is 0.0124. The van der Waals surface area contributed by atoms with Crippen LogP contribution in [0.1, 0.15) is 11.1 Å². The van der Waals surface area contributed by atoms with Crippen LogP contribution in [0.3, 0.4) is 0 Å². The minimum Gasteiger partial charge on any atom is -0.346 e. The molecule has 0 atom stereocenters. The van der Waals surface area contributed by atoms with Crippen molar-refractivity contribution in [2.75, 3.05) is 17.6 Å². The van der Waals surface area contributed by atoms with Gasteiger partial charge in [0.1, 0.15) is 5.82 Å². The van der Waals surface area contributed by atoms with E-state index in [2.05, 4.69) is 10.6 Å². The molecule has 7 heteroatoms. The third-order valence-electron chi connectivity index (χ3n) is 3.45. The standard InChI is InChI=1S/C18H18ClFN2O2S/c1-11-4-3-5-12(2)18(11)22-16(23)9-21-17(24)10-25-13-6-7-15(20)14(19)8-13/h3-8H,9-10H2,1-2H3,(H,21,24)(H,22,23). The molecule has 0 fully saturated rings. The van der Waals surface area contributed by atoms with Crippen molar-refractivity contribution in [1.29, 1.82) is 0 Å². The molecule has 2 rings (SSSR count). The first-order chi connectivity index (χ1) is 11.9. The van der Waals surface area contributed by atoms with Crippen LogP contribution in [0.25, 0.3) is 0 Å². The number of halogens is 2. The van der Waals surface area contributed by atoms with Gasteiger partial charge in [0.05, 0.1) is 17.3 Å². The number of anilines is 1. The Balaban J connectivity index is 1.79. The van der Waals surface area contributed by atoms with Crippen LogP contribution in [-0.4, -0.2) is 24.1 Å². The van der Waals surface area contributed by atoms with Crippen LogP contribution >= 0.6 is 23.4 Å². The number of hydrogen-bond donors (Lipinski definition) is 2. The monoisotopic (exact) mass is 380 g/mol. The Hall–Kier alpha value is -2.05. The summed E-state index contributed by atoms with van der Waals surface area (Å²) in [4.78, 5) is 24.5. The first kappa shape index (κ1) is 19.3. The summed E-state index contributed by atoms with van der Waals surface area (Å²) in [6.07, 6.45) is 0. The van der Waals surface area contributed by atoms with Gasteiger partial charge >= 0.3 is 0 Å². The second kappa shape index (κ2) is 8.87. The van der Waals surface area contributed by atoms with Gasteiger partial charge in [0, 0.05) is 10.6 Å². The highest BCUT2D eigenvalue weighted by atomic mass is 35.5. The molecule has 0 aromatic heterocycles. The maximum absolute atomic E-state index is 13.1. The van der Waals surface area contributed by atoms with Crippen molar-refractivity contribution in [3.63, 3.8) is 0 Å². The lowest BCUT2D eigenvalue weighted by molar-refractivity contribution is -0.122. The van der Waals surface area contributed by atoms with Crippen LogP contribution in [-0.2, 0) is 9.59 Å². The number of aryl methyl sites for hydroxylation is 2. The number of hydrogen-bond acceptors (Lipinski definition) is 3. The zero-order valence-electron chi connectivity index (χ0n) is 13.9. The average molecular weight is 381 g/mol. The third-order valence-corrected chi connectivity index (χ3v) is 4.74. The molecule has 0 aliphatic rings. The first-order valence-electron chi connectivity index (χ1n) is 7.57. The summed E-state index contributed by atoms with van der Waals surface area (Å²) in [5, 5.41) is 5.37. The van der Waals surface area contributed by atoms with E-state index in [0.717, 1.165) is 16.8 Å². The Bertz CT molecular complexity index is 778. The molecule has 0 spiro atoms. The van der Waals surface area contributed by atoms with Crippen molar-refractivity contribution in [3.05, 3.63) is 58.4 Å². The molecule has 0 radical (unpaired) electrons. The van der Waals surface area contributed by atoms with Gasteiger partial charge in [-0.15, -0.1) is 11.8 Å². The summed E-state index contributed by atoms with van der Waals surface area (Å²) in [6, 6.07) is 9.99. The fourth-order valence-corrected chi connectivity index (χ4v) is 3.15. The zero-order chi connectivity index (χ0) is 18.4. The maximum Gasteiger partial charge on any atom is 0.243 e. The van der Waals surface area contributed by atoms with Crippen molar-refractivity contribution >= 4 is 40.9 Å². The molecule has 0 aliphatic carbocycles. The van der Waals surface area contributed by atoms with Gasteiger partial charge < -0.3 is 10.6 Å². The van der Waals surface area contributed by atoms with E-state index in [9.17, 15) is 14.0 Å². The van der Waals surface area contributed by atoms with Gasteiger partial charge in [-0.1, -0.05) is 29.8 Å². The fourth-order valence-electron chi connectivity index (χ4n) is 2.14. The highest BCUT2D eigenvalue weighted by Crippen LogP contribution is 2.24. The molecule has 0 saturated carbocycles. The molecule has 0 saturated heterocycles. The lowest BCUT2D eigenvalue weighted by Gasteiger charge is -2.12. The van der Waals surface area contributed by atoms with Crippen LogP contribution < -0.4 is 10.6 Å². The van der Waals surface area contributed by atoms with E-state index in [-0.39, 0.29) is 29.1 Å². The summed E-state index contributed by atoms with van der Waals surface area (Å²) in [6.45, 7) is 3.70. The van der Waals surface area contributed by atoms with Crippen LogP contribution in [0, 0.1) is 19.7 Å². The van der Waals surface area contributed by atoms with Gasteiger partial charge in [-0.3, -0.25) is 9.59 Å². The quantitative estimate of drug-likeness (QED) is 0.746. The molecule has 0 heterocycles. The lowest BCUT2D eigenvalue weighted by Crippen LogP contribution is -2.34. The Labute approximate surface area is 155 Å². The SMILES string of the molecule is Cc1cccc(C)c1NC(=O)CNC(=O)CSc1ccc(F)c(Cl)c1. The molecule has 132 valence electrons. The van der Waals surface area contributed by atoms with E-state index >= 15 is 0 Å². The molecule has 4 nitrogen and oxygen atoms in total. The zero-order valence-corrected chi connectivity index (χ0v) is 15.4. The van der Waals surface area contributed by atoms with Crippen LogP contribution in [0.4, 0.5) is 10.1 Å². The van der Waals surface area contributed by atoms with Crippen molar-refractivity contribution in [2.24, 2.45) is 0 Å². The van der Waals surface area contributed by atoms with Crippen LogP contribution in [0.2, 0.25) is 5.02 Å². The number of rotatable bonds is 6. The molecule has 2 amide bonds. The molecule has 0 bridgehead atoms. The Kier molecular flexibility index (Phi) is 6.84. The van der Waals surface area contributed by atoms with E-state index in [1.165, 1.54) is 23.9 Å². The van der Waals surface area contributed by atoms with Crippen molar-refractivity contribution in [1.82, 2.24) is 5.32 Å². The summed E-state index contributed by atoms with van der Waals surface area (Å²) < 4.78 is 13.1. The smallest absolute Gasteiger partial charge is 0.243 e. The van der Waals surface area contributed by atoms with E-state index in [4.69, 9.17) is 11.6 Å². The van der Waals surface area contributed by atoms with Crippen molar-refractivity contribution in [3.8, 4) is 0 Å². The van der Waals surface area contributed by atoms with Crippen LogP contribution in [0.15, 0.2) is 41.3 Å². The molecule has 2 aromatic rings. The number of thioether (sulfide) groups is 1. The van der Waals surface area contributed by atoms with Crippen molar-refractivity contribution in [2.45, 2.75) is 18.7 Å². The third kappa shape index (κ3) is 5.76. The molecule has 0 aliphatic heterocycles. The van der Waals surface area contributed by atoms with Gasteiger partial charge in [0.25, 0.3) is 0 Å². The normalized spacial score (nSPS) is 10.4. The number of amides is 2. The van der Waals surface area contributed by atoms with Crippen LogP contribution in [0.5, 0.6) is 0 Å². The molecule has 0 unspecified atom stereocenters. The number of nitrogens with one attached hydrogen (secondary N) is 2.